The second-order valence-corrected chi connectivity index (χ2v) is 11.2. The second-order valence-electron chi connectivity index (χ2n) is 8.33. The van der Waals surface area contributed by atoms with Crippen LogP contribution < -0.4 is 9.64 Å². The lowest BCUT2D eigenvalue weighted by Gasteiger charge is -2.41. The lowest BCUT2D eigenvalue weighted by molar-refractivity contribution is -0.134. The van der Waals surface area contributed by atoms with Gasteiger partial charge in [-0.15, -0.1) is 0 Å². The maximum atomic E-state index is 13.5. The molecule has 6 nitrogen and oxygen atoms in total. The van der Waals surface area contributed by atoms with E-state index >= 15 is 0 Å². The van der Waals surface area contributed by atoms with E-state index in [1.54, 1.807) is 6.07 Å². The number of carboxylic acid groups (broad SMARTS) is 1. The maximum Gasteiger partial charge on any atom is 0.368 e. The van der Waals surface area contributed by atoms with E-state index in [1.165, 1.54) is 6.07 Å². The molecule has 180 valence electrons. The average molecular weight is 542 g/mol. The first-order chi connectivity index (χ1) is 15.6. The van der Waals surface area contributed by atoms with Crippen molar-refractivity contribution in [3.05, 3.63) is 59.0 Å². The first-order valence-electron chi connectivity index (χ1n) is 10.8. The van der Waals surface area contributed by atoms with Crippen LogP contribution in [0.2, 0.25) is 0 Å². The smallest absolute Gasteiger partial charge is 0.368 e. The number of fused-ring (bicyclic) bond motifs is 1. The summed E-state index contributed by atoms with van der Waals surface area (Å²) in [5, 5.41) is 8.74. The summed E-state index contributed by atoms with van der Waals surface area (Å²) in [6.07, 6.45) is 4.09. The van der Waals surface area contributed by atoms with Crippen LogP contribution in [0.3, 0.4) is 0 Å². The molecule has 0 spiro atoms. The minimum Gasteiger partial charge on any atom is -0.476 e. The Balaban J connectivity index is 2.17. The third kappa shape index (κ3) is 5.71. The number of rotatable bonds is 8. The molecule has 0 fully saturated rings. The Hall–Kier alpha value is -2.07. The van der Waals surface area contributed by atoms with E-state index in [2.05, 4.69) is 34.7 Å². The van der Waals surface area contributed by atoms with Gasteiger partial charge in [0.15, 0.2) is 0 Å². The van der Waals surface area contributed by atoms with Crippen molar-refractivity contribution in [3.63, 3.8) is 0 Å². The van der Waals surface area contributed by atoms with Crippen LogP contribution in [0.15, 0.2) is 63.9 Å². The fourth-order valence-corrected chi connectivity index (χ4v) is 6.83. The van der Waals surface area contributed by atoms with E-state index < -0.39 is 22.4 Å². The van der Waals surface area contributed by atoms with Gasteiger partial charge in [0, 0.05) is 29.5 Å². The maximum absolute atomic E-state index is 13.5. The molecule has 0 saturated carbocycles. The summed E-state index contributed by atoms with van der Waals surface area (Å²) in [5.41, 5.74) is 1.21. The van der Waals surface area contributed by atoms with Crippen molar-refractivity contribution in [2.45, 2.75) is 44.4 Å². The lowest BCUT2D eigenvalue weighted by Crippen LogP contribution is -2.37. The third-order valence-electron chi connectivity index (χ3n) is 6.03. The van der Waals surface area contributed by atoms with E-state index in [-0.39, 0.29) is 16.9 Å². The summed E-state index contributed by atoms with van der Waals surface area (Å²) in [6, 6.07) is 12.9. The Bertz CT molecular complexity index is 1030. The number of anilines is 2. The molecule has 0 amide bonds. The number of para-hydroxylation sites is 1. The zero-order chi connectivity index (χ0) is 24.2. The summed E-state index contributed by atoms with van der Waals surface area (Å²) in [6.45, 7) is 4.80. The molecule has 0 saturated heterocycles. The average Bonchev–Trinajstić information content (AvgIpc) is 2.88. The van der Waals surface area contributed by atoms with E-state index in [9.17, 15) is 18.3 Å². The van der Waals surface area contributed by atoms with Crippen LogP contribution in [0.5, 0.6) is 5.75 Å². The fourth-order valence-electron chi connectivity index (χ4n) is 4.16. The molecule has 2 aromatic carbocycles. The Morgan fingerprint density at radius 1 is 1.27 bits per heavy atom. The summed E-state index contributed by atoms with van der Waals surface area (Å²) in [4.78, 5) is 13.1. The quantitative estimate of drug-likeness (QED) is 0.236. The van der Waals surface area contributed by atoms with Crippen LogP contribution in [0.1, 0.15) is 39.5 Å². The van der Waals surface area contributed by atoms with E-state index in [0.29, 0.717) is 27.9 Å². The van der Waals surface area contributed by atoms with Crippen molar-refractivity contribution in [1.29, 1.82) is 0 Å². The molecule has 1 aliphatic heterocycles. The van der Waals surface area contributed by atoms with Gasteiger partial charge in [-0.3, -0.25) is 9.11 Å². The molecule has 3 rings (SSSR count). The minimum absolute atomic E-state index is 0.0932. The van der Waals surface area contributed by atoms with Crippen molar-refractivity contribution in [1.82, 2.24) is 0 Å². The highest BCUT2D eigenvalue weighted by Crippen LogP contribution is 2.61. The van der Waals surface area contributed by atoms with Gasteiger partial charge in [-0.1, -0.05) is 44.9 Å². The lowest BCUT2D eigenvalue weighted by atomic mass is 9.81. The summed E-state index contributed by atoms with van der Waals surface area (Å²) in [7, 11) is -3.24. The molecule has 1 unspecified atom stereocenters. The molecule has 0 aliphatic carbocycles. The van der Waals surface area contributed by atoms with Crippen LogP contribution >= 0.6 is 26.5 Å². The van der Waals surface area contributed by atoms with Gasteiger partial charge < -0.3 is 14.7 Å². The predicted molar refractivity (Wildman–Crippen MR) is 133 cm³/mol. The number of carbonyl (C=O) groups is 1. The van der Waals surface area contributed by atoms with Crippen molar-refractivity contribution in [2.24, 2.45) is 5.41 Å². The summed E-state index contributed by atoms with van der Waals surface area (Å²) >= 11 is 3.41. The summed E-state index contributed by atoms with van der Waals surface area (Å²) in [5.74, 6) is -2.91. The third-order valence-corrected chi connectivity index (χ3v) is 8.70. The SMILES string of the molecule is CCCCC1(CC)CN(c2ccccc2)c2cc(Br)c(OC=C(F)C(=O)O)cc2S(O)(O)C1. The van der Waals surface area contributed by atoms with Gasteiger partial charge in [0.05, 0.1) is 15.1 Å². The Morgan fingerprint density at radius 2 is 1.97 bits per heavy atom. The number of hydrogen-bond acceptors (Lipinski definition) is 5. The summed E-state index contributed by atoms with van der Waals surface area (Å²) < 4.78 is 41.9. The number of hydrogen-bond donors (Lipinski definition) is 3. The number of unbranched alkanes of at least 4 members (excludes halogenated alkanes) is 1. The molecule has 1 heterocycles. The van der Waals surface area contributed by atoms with E-state index in [0.717, 1.165) is 31.4 Å². The highest BCUT2D eigenvalue weighted by Gasteiger charge is 2.42. The molecule has 3 N–H and O–H groups in total. The van der Waals surface area contributed by atoms with Crippen LogP contribution in [-0.4, -0.2) is 32.5 Å². The Kier molecular flexibility index (Phi) is 8.10. The Labute approximate surface area is 203 Å². The standard InChI is InChI=1S/C24H29BrFNO5S/c1-3-5-11-24(4-2)15-27(17-9-7-6-8-10-17)20-12-18(25)21(32-14-19(26)23(28)29)13-22(20)33(30,31)16-24/h6-10,12-14,30-31H,3-5,11,15-16H2,1-2H3,(H,28,29). The first-order valence-corrected chi connectivity index (χ1v) is 13.3. The van der Waals surface area contributed by atoms with Crippen LogP contribution in [0.4, 0.5) is 15.8 Å². The molecule has 0 bridgehead atoms. The number of benzene rings is 2. The second kappa shape index (κ2) is 10.5. The minimum atomic E-state index is -3.24. The largest absolute Gasteiger partial charge is 0.476 e. The van der Waals surface area contributed by atoms with Crippen LogP contribution in [0.25, 0.3) is 0 Å². The molecular weight excluding hydrogens is 513 g/mol. The monoisotopic (exact) mass is 541 g/mol. The molecule has 0 radical (unpaired) electrons. The van der Waals surface area contributed by atoms with Gasteiger partial charge in [-0.05, 0) is 47.0 Å². The van der Waals surface area contributed by atoms with Gasteiger partial charge in [0.1, 0.15) is 12.0 Å². The predicted octanol–water partition coefficient (Wildman–Crippen LogP) is 7.57. The van der Waals surface area contributed by atoms with Crippen molar-refractivity contribution < 1.29 is 28.1 Å². The number of carboxylic acids is 1. The Morgan fingerprint density at radius 3 is 2.58 bits per heavy atom. The number of ether oxygens (including phenoxy) is 1. The van der Waals surface area contributed by atoms with Gasteiger partial charge >= 0.3 is 5.97 Å². The molecule has 1 aliphatic rings. The number of nitrogens with zero attached hydrogens (tertiary/aromatic N) is 1. The topological polar surface area (TPSA) is 90.2 Å². The van der Waals surface area contributed by atoms with E-state index in [1.807, 2.05) is 30.3 Å². The van der Waals surface area contributed by atoms with E-state index in [4.69, 9.17) is 9.84 Å². The highest BCUT2D eigenvalue weighted by molar-refractivity contribution is 9.10. The molecular formula is C24H29BrFNO5S. The normalized spacial score (nSPS) is 21.2. The van der Waals surface area contributed by atoms with Gasteiger partial charge in [-0.25, -0.2) is 4.79 Å². The van der Waals surface area contributed by atoms with Gasteiger partial charge in [-0.2, -0.15) is 15.0 Å². The molecule has 2 aromatic rings. The molecule has 1 atom stereocenters. The van der Waals surface area contributed by atoms with Gasteiger partial charge in [0.2, 0.25) is 5.83 Å². The molecule has 0 aromatic heterocycles. The molecule has 33 heavy (non-hydrogen) atoms. The molecule has 9 heteroatoms. The van der Waals surface area contributed by atoms with Gasteiger partial charge in [0.25, 0.3) is 0 Å². The van der Waals surface area contributed by atoms with Crippen molar-refractivity contribution in [3.8, 4) is 5.75 Å². The number of halogens is 2. The van der Waals surface area contributed by atoms with Crippen molar-refractivity contribution >= 4 is 43.9 Å². The van der Waals surface area contributed by atoms with Crippen molar-refractivity contribution in [2.75, 3.05) is 17.2 Å². The number of aliphatic carboxylic acids is 1. The van der Waals surface area contributed by atoms with Crippen LogP contribution in [-0.2, 0) is 4.79 Å². The first kappa shape index (κ1) is 25.6. The van der Waals surface area contributed by atoms with Crippen LogP contribution in [0, 0.1) is 5.41 Å². The zero-order valence-corrected chi connectivity index (χ0v) is 21.0. The zero-order valence-electron chi connectivity index (χ0n) is 18.6. The highest BCUT2D eigenvalue weighted by atomic mass is 79.9. The fraction of sp³-hybridized carbons (Fsp3) is 0.375.